The zero-order valence-corrected chi connectivity index (χ0v) is 41.5. The smallest absolute Gasteiger partial charge is 0.355 e. The highest BCUT2D eigenvalue weighted by atomic mass is 32.1. The fourth-order valence-electron chi connectivity index (χ4n) is 10.7. The van der Waals surface area contributed by atoms with E-state index in [0.717, 1.165) is 109 Å². The van der Waals surface area contributed by atoms with Crippen LogP contribution in [0.1, 0.15) is 68.8 Å². The highest BCUT2D eigenvalue weighted by Crippen LogP contribution is 2.36. The molecule has 4 aliphatic rings. The van der Waals surface area contributed by atoms with Crippen LogP contribution in [-0.4, -0.2) is 127 Å². The second-order valence-corrected chi connectivity index (χ2v) is 20.2. The van der Waals surface area contributed by atoms with Crippen LogP contribution in [-0.2, 0) is 22.6 Å². The summed E-state index contributed by atoms with van der Waals surface area (Å²) >= 11 is 1.43. The number of carbonyl (C=O) groups excluding carboxylic acids is 3. The average Bonchev–Trinajstić information content (AvgIpc) is 3.81. The van der Waals surface area contributed by atoms with Gasteiger partial charge in [0.1, 0.15) is 18.2 Å². The van der Waals surface area contributed by atoms with Crippen LogP contribution >= 0.6 is 11.3 Å². The number of ether oxygens (including phenoxy) is 1. The number of imide groups is 1. The maximum atomic E-state index is 13.6. The molecule has 4 aliphatic heterocycles. The van der Waals surface area contributed by atoms with E-state index < -0.39 is 17.8 Å². The predicted octanol–water partition coefficient (Wildman–Crippen LogP) is 7.56. The number of carboxylic acid groups (broad SMARTS) is 1. The Hall–Kier alpha value is -7.21. The standard InChI is InChI=1S/C55H60N10O6S/c1-34-38(39-15-17-48(59-51(39)54(69)70)65-24-21-36-7-5-9-40(43(36)33-65)52(67)61-55-58-44-10-3-4-12-47(44)72-55)8-6-11-46(34)71-30-29-62-25-27-63(28-26-62)32-35-19-22-64(23-20-35)37-13-14-41(45(31-37)57-2)50(56)42-16-18-49(66)60-53(42)68/h3-15,17,31,35,42,56-57H,16,18-30,32-33H2,1-2H3,(H,69,70)(H,58,61,67)(H,60,66,68). The van der Waals surface area contributed by atoms with Gasteiger partial charge in [-0.05, 0) is 115 Å². The van der Waals surface area contributed by atoms with Gasteiger partial charge in [-0.2, -0.15) is 0 Å². The van der Waals surface area contributed by atoms with Crippen LogP contribution in [0.5, 0.6) is 5.75 Å². The number of aromatic carboxylic acids is 1. The van der Waals surface area contributed by atoms with Crippen molar-refractivity contribution in [3.8, 4) is 16.9 Å². The minimum Gasteiger partial charge on any atom is -0.492 e. The third-order valence-corrected chi connectivity index (χ3v) is 15.7. The lowest BCUT2D eigenvalue weighted by molar-refractivity contribution is -0.134. The second-order valence-electron chi connectivity index (χ2n) is 19.2. The van der Waals surface area contributed by atoms with Crippen molar-refractivity contribution in [1.29, 1.82) is 5.41 Å². The number of nitrogens with one attached hydrogen (secondary N) is 4. The molecule has 3 fully saturated rings. The molecule has 0 saturated carbocycles. The first-order valence-corrected chi connectivity index (χ1v) is 25.7. The number of piperazine rings is 1. The topological polar surface area (TPSA) is 196 Å². The molecule has 17 heteroatoms. The van der Waals surface area contributed by atoms with Gasteiger partial charge in [-0.1, -0.05) is 47.7 Å². The van der Waals surface area contributed by atoms with E-state index in [1.165, 1.54) is 11.3 Å². The average molecular weight is 989 g/mol. The van der Waals surface area contributed by atoms with E-state index in [1.54, 1.807) is 0 Å². The first-order chi connectivity index (χ1) is 35.0. The van der Waals surface area contributed by atoms with E-state index in [0.29, 0.717) is 71.8 Å². The molecule has 6 heterocycles. The van der Waals surface area contributed by atoms with E-state index in [9.17, 15) is 24.3 Å². The molecular weight excluding hydrogens is 929 g/mol. The number of benzene rings is 4. The quantitative estimate of drug-likeness (QED) is 0.0500. The van der Waals surface area contributed by atoms with Gasteiger partial charge in [0.15, 0.2) is 10.8 Å². The van der Waals surface area contributed by atoms with Crippen molar-refractivity contribution in [3.63, 3.8) is 0 Å². The number of aromatic nitrogens is 2. The Morgan fingerprint density at radius 1 is 0.833 bits per heavy atom. The van der Waals surface area contributed by atoms with Crippen LogP contribution < -0.4 is 30.5 Å². The third kappa shape index (κ3) is 10.4. The third-order valence-electron chi connectivity index (χ3n) is 14.8. The molecule has 10 rings (SSSR count). The van der Waals surface area contributed by atoms with Crippen molar-refractivity contribution in [2.45, 2.75) is 45.6 Å². The summed E-state index contributed by atoms with van der Waals surface area (Å²) in [6, 6.07) is 29.1. The van der Waals surface area contributed by atoms with Gasteiger partial charge in [0.25, 0.3) is 5.91 Å². The van der Waals surface area contributed by atoms with Crippen LogP contribution in [0.3, 0.4) is 0 Å². The summed E-state index contributed by atoms with van der Waals surface area (Å²) in [5.74, 6) is -0.778. The maximum absolute atomic E-state index is 13.6. The number of piperidine rings is 2. The summed E-state index contributed by atoms with van der Waals surface area (Å²) in [6.45, 7) is 11.2. The van der Waals surface area contributed by atoms with Gasteiger partial charge in [-0.3, -0.25) is 29.9 Å². The van der Waals surface area contributed by atoms with Crippen molar-refractivity contribution in [2.24, 2.45) is 11.8 Å². The molecule has 2 aromatic heterocycles. The van der Waals surface area contributed by atoms with Crippen molar-refractivity contribution in [3.05, 3.63) is 125 Å². The van der Waals surface area contributed by atoms with Crippen LogP contribution in [0.2, 0.25) is 0 Å². The number of carboxylic acids is 1. The largest absolute Gasteiger partial charge is 0.492 e. The van der Waals surface area contributed by atoms with Crippen LogP contribution in [0.4, 0.5) is 22.3 Å². The fourth-order valence-corrected chi connectivity index (χ4v) is 11.6. The van der Waals surface area contributed by atoms with Gasteiger partial charge in [0, 0.05) is 107 Å². The Bertz CT molecular complexity index is 3020. The molecule has 0 spiro atoms. The normalized spacial score (nSPS) is 17.9. The molecule has 3 amide bonds. The van der Waals surface area contributed by atoms with E-state index in [1.807, 2.05) is 104 Å². The first kappa shape index (κ1) is 48.4. The molecule has 0 aliphatic carbocycles. The summed E-state index contributed by atoms with van der Waals surface area (Å²) in [4.78, 5) is 69.4. The SMILES string of the molecule is CNc1cc(N2CCC(CN3CCN(CCOc4cccc(-c5ccc(N6CCc7cccc(C(=O)Nc8nc9ccccc9s8)c7C6)nc5C(=O)O)c4C)CC3)CC2)ccc1C(=N)C1CCC(=O)NC1=O. The predicted molar refractivity (Wildman–Crippen MR) is 282 cm³/mol. The molecule has 72 heavy (non-hydrogen) atoms. The summed E-state index contributed by atoms with van der Waals surface area (Å²) in [7, 11) is 1.83. The maximum Gasteiger partial charge on any atom is 0.355 e. The van der Waals surface area contributed by atoms with Crippen molar-refractivity contribution in [2.75, 3.05) is 93.0 Å². The lowest BCUT2D eigenvalue weighted by Gasteiger charge is -2.39. The number of amides is 3. The monoisotopic (exact) mass is 988 g/mol. The van der Waals surface area contributed by atoms with Crippen LogP contribution in [0, 0.1) is 24.2 Å². The highest BCUT2D eigenvalue weighted by Gasteiger charge is 2.32. The van der Waals surface area contributed by atoms with Gasteiger partial charge >= 0.3 is 5.97 Å². The molecule has 4 aromatic carbocycles. The molecular formula is C55H60N10O6S. The second kappa shape index (κ2) is 21.2. The number of fused-ring (bicyclic) bond motifs is 2. The van der Waals surface area contributed by atoms with Crippen LogP contribution in [0.25, 0.3) is 21.3 Å². The van der Waals surface area contributed by atoms with Crippen molar-refractivity contribution in [1.82, 2.24) is 25.1 Å². The zero-order valence-electron chi connectivity index (χ0n) is 40.7. The number of anilines is 4. The molecule has 0 bridgehead atoms. The van der Waals surface area contributed by atoms with Crippen molar-refractivity contribution < 1.29 is 29.0 Å². The Morgan fingerprint density at radius 2 is 1.62 bits per heavy atom. The highest BCUT2D eigenvalue weighted by molar-refractivity contribution is 7.22. The Kier molecular flexibility index (Phi) is 14.3. The number of rotatable bonds is 15. The van der Waals surface area contributed by atoms with Gasteiger partial charge < -0.3 is 35.3 Å². The summed E-state index contributed by atoms with van der Waals surface area (Å²) in [6.07, 6.45) is 3.49. The summed E-state index contributed by atoms with van der Waals surface area (Å²) in [5.41, 5.74) is 8.30. The number of nitrogens with zero attached hydrogens (tertiary/aromatic N) is 6. The molecule has 16 nitrogen and oxygen atoms in total. The molecule has 5 N–H and O–H groups in total. The minimum atomic E-state index is -1.12. The van der Waals surface area contributed by atoms with Crippen LogP contribution in [0.15, 0.2) is 91.0 Å². The van der Waals surface area contributed by atoms with Gasteiger partial charge in [-0.25, -0.2) is 14.8 Å². The number of para-hydroxylation sites is 1. The van der Waals surface area contributed by atoms with Gasteiger partial charge in [0.2, 0.25) is 11.8 Å². The Balaban J connectivity index is 0.700. The Labute approximate surface area is 422 Å². The van der Waals surface area contributed by atoms with Gasteiger partial charge in [-0.15, -0.1) is 0 Å². The number of thiazole rings is 1. The lowest BCUT2D eigenvalue weighted by Crippen LogP contribution is -2.49. The lowest BCUT2D eigenvalue weighted by atomic mass is 9.88. The molecule has 6 aromatic rings. The number of pyridine rings is 1. The number of hydrogen-bond donors (Lipinski definition) is 5. The molecule has 1 atom stereocenters. The molecule has 1 unspecified atom stereocenters. The van der Waals surface area contributed by atoms with Crippen molar-refractivity contribution >= 4 is 73.3 Å². The Morgan fingerprint density at radius 3 is 2.40 bits per heavy atom. The number of carbonyl (C=O) groups is 4. The molecule has 0 radical (unpaired) electrons. The summed E-state index contributed by atoms with van der Waals surface area (Å²) in [5, 5.41) is 28.4. The van der Waals surface area contributed by atoms with E-state index in [-0.39, 0.29) is 29.6 Å². The molecule has 3 saturated heterocycles. The van der Waals surface area contributed by atoms with Gasteiger partial charge in [0.05, 0.1) is 21.8 Å². The summed E-state index contributed by atoms with van der Waals surface area (Å²) < 4.78 is 7.38. The number of hydrogen-bond acceptors (Lipinski definition) is 14. The van der Waals surface area contributed by atoms with E-state index >= 15 is 0 Å². The van der Waals surface area contributed by atoms with E-state index in [4.69, 9.17) is 15.1 Å². The van der Waals surface area contributed by atoms with E-state index in [2.05, 4.69) is 41.7 Å². The zero-order chi connectivity index (χ0) is 49.9. The molecule has 372 valence electrons. The fraction of sp³-hybridized carbons (Fsp3) is 0.364. The first-order valence-electron chi connectivity index (χ1n) is 24.9. The minimum absolute atomic E-state index is 0.0371.